The second kappa shape index (κ2) is 9.20. The van der Waals surface area contributed by atoms with Gasteiger partial charge in [0.25, 0.3) is 0 Å². The molecule has 1 aromatic carbocycles. The van der Waals surface area contributed by atoms with Crippen molar-refractivity contribution in [1.82, 2.24) is 25.4 Å². The normalized spacial score (nSPS) is 15.8. The van der Waals surface area contributed by atoms with Gasteiger partial charge in [0.05, 0.1) is 5.25 Å². The molecule has 0 unspecified atom stereocenters. The minimum atomic E-state index is -0.510. The minimum absolute atomic E-state index is 0.0895. The fourth-order valence-corrected chi connectivity index (χ4v) is 4.57. The summed E-state index contributed by atoms with van der Waals surface area (Å²) in [5.41, 5.74) is 2.38. The number of hydrogen-bond donors (Lipinski definition) is 2. The smallest absolute Gasteiger partial charge is 0.321 e. The zero-order chi connectivity index (χ0) is 21.9. The lowest BCUT2D eigenvalue weighted by Gasteiger charge is -2.20. The predicted molar refractivity (Wildman–Crippen MR) is 120 cm³/mol. The first-order valence-corrected chi connectivity index (χ1v) is 11.3. The van der Waals surface area contributed by atoms with Crippen molar-refractivity contribution >= 4 is 23.7 Å². The first-order chi connectivity index (χ1) is 14.2. The van der Waals surface area contributed by atoms with Gasteiger partial charge in [0.2, 0.25) is 5.91 Å². The Morgan fingerprint density at radius 3 is 2.33 bits per heavy atom. The van der Waals surface area contributed by atoms with Gasteiger partial charge in [-0.1, -0.05) is 69.6 Å². The second-order valence-corrected chi connectivity index (χ2v) is 10.1. The molecule has 0 saturated heterocycles. The predicted octanol–water partition coefficient (Wildman–Crippen LogP) is 4.29. The van der Waals surface area contributed by atoms with Crippen LogP contribution in [-0.2, 0) is 10.2 Å². The molecule has 2 N–H and O–H groups in total. The molecule has 0 spiro atoms. The molecule has 2 aromatic rings. The Kier molecular flexibility index (Phi) is 6.85. The molecule has 162 valence electrons. The van der Waals surface area contributed by atoms with Crippen LogP contribution in [0.3, 0.4) is 0 Å². The Morgan fingerprint density at radius 2 is 1.77 bits per heavy atom. The van der Waals surface area contributed by atoms with Gasteiger partial charge in [0, 0.05) is 18.7 Å². The summed E-state index contributed by atoms with van der Waals surface area (Å²) in [6, 6.07) is 8.32. The molecule has 3 amide bonds. The zero-order valence-electron chi connectivity index (χ0n) is 18.4. The number of nitrogens with one attached hydrogen (secondary N) is 2. The summed E-state index contributed by atoms with van der Waals surface area (Å²) in [5, 5.41) is 13.9. The molecule has 1 saturated carbocycles. The third kappa shape index (κ3) is 5.03. The lowest BCUT2D eigenvalue weighted by Crippen LogP contribution is -2.41. The van der Waals surface area contributed by atoms with Crippen LogP contribution in [0.1, 0.15) is 65.0 Å². The number of benzene rings is 1. The summed E-state index contributed by atoms with van der Waals surface area (Å²) in [6.45, 7) is 8.36. The van der Waals surface area contributed by atoms with E-state index in [1.54, 1.807) is 6.92 Å². The summed E-state index contributed by atoms with van der Waals surface area (Å²) < 4.78 is 2.19. The number of imide groups is 1. The fraction of sp³-hybridized carbons (Fsp3) is 0.545. The van der Waals surface area contributed by atoms with Gasteiger partial charge in [0.1, 0.15) is 0 Å². The van der Waals surface area contributed by atoms with Gasteiger partial charge in [0.15, 0.2) is 11.0 Å². The molecule has 1 aliphatic carbocycles. The quantitative estimate of drug-likeness (QED) is 0.692. The number of amides is 3. The van der Waals surface area contributed by atoms with Crippen LogP contribution in [0.4, 0.5) is 4.79 Å². The Morgan fingerprint density at radius 1 is 1.13 bits per heavy atom. The van der Waals surface area contributed by atoms with Gasteiger partial charge in [-0.3, -0.25) is 14.7 Å². The van der Waals surface area contributed by atoms with Gasteiger partial charge in [-0.05, 0) is 30.7 Å². The standard InChI is InChI=1S/C22H31N5O2S/c1-14(19(28)24-20(29)23-5)30-21-26-25-18(27(21)17-8-6-7-9-17)15-10-12-16(13-11-15)22(2,3)4/h10-14,17H,6-9H2,1-5H3,(H2,23,24,28,29)/t14-/m1/s1. The van der Waals surface area contributed by atoms with Crippen molar-refractivity contribution < 1.29 is 9.59 Å². The highest BCUT2D eigenvalue weighted by Gasteiger charge is 2.27. The van der Waals surface area contributed by atoms with Crippen LogP contribution >= 0.6 is 11.8 Å². The SMILES string of the molecule is CNC(=O)NC(=O)[C@@H](C)Sc1nnc(-c2ccc(C(C)(C)C)cc2)n1C1CCCC1. The van der Waals surface area contributed by atoms with Crippen molar-refractivity contribution in [3.8, 4) is 11.4 Å². The molecule has 0 radical (unpaired) electrons. The summed E-state index contributed by atoms with van der Waals surface area (Å²) in [6.07, 6.45) is 4.53. The van der Waals surface area contributed by atoms with Crippen molar-refractivity contribution in [1.29, 1.82) is 0 Å². The molecule has 8 heteroatoms. The summed E-state index contributed by atoms with van der Waals surface area (Å²) >= 11 is 1.34. The van der Waals surface area contributed by atoms with E-state index in [2.05, 4.69) is 70.4 Å². The highest BCUT2D eigenvalue weighted by Crippen LogP contribution is 2.38. The van der Waals surface area contributed by atoms with Gasteiger partial charge in [-0.15, -0.1) is 10.2 Å². The monoisotopic (exact) mass is 429 g/mol. The summed E-state index contributed by atoms with van der Waals surface area (Å²) in [4.78, 5) is 23.8. The molecule has 30 heavy (non-hydrogen) atoms. The van der Waals surface area contributed by atoms with Crippen LogP contribution < -0.4 is 10.6 Å². The molecule has 0 aliphatic heterocycles. The largest absolute Gasteiger partial charge is 0.341 e. The average Bonchev–Trinajstić information content (AvgIpc) is 3.36. The Labute approximate surface area is 182 Å². The first kappa shape index (κ1) is 22.3. The topological polar surface area (TPSA) is 88.9 Å². The second-order valence-electron chi connectivity index (χ2n) is 8.77. The summed E-state index contributed by atoms with van der Waals surface area (Å²) in [5.74, 6) is 0.486. The number of hydrogen-bond acceptors (Lipinski definition) is 5. The third-order valence-electron chi connectivity index (χ3n) is 5.48. The number of thioether (sulfide) groups is 1. The third-order valence-corrected chi connectivity index (χ3v) is 6.54. The van der Waals surface area contributed by atoms with Crippen molar-refractivity contribution in [2.24, 2.45) is 0 Å². The lowest BCUT2D eigenvalue weighted by molar-refractivity contribution is -0.119. The lowest BCUT2D eigenvalue weighted by atomic mass is 9.86. The van der Waals surface area contributed by atoms with Crippen molar-refractivity contribution in [3.05, 3.63) is 29.8 Å². The molecule has 0 bridgehead atoms. The minimum Gasteiger partial charge on any atom is -0.341 e. The fourth-order valence-electron chi connectivity index (χ4n) is 3.65. The number of carbonyl (C=O) groups excluding carboxylic acids is 2. The van der Waals surface area contributed by atoms with E-state index in [4.69, 9.17) is 0 Å². The van der Waals surface area contributed by atoms with Crippen LogP contribution in [0.5, 0.6) is 0 Å². The maximum atomic E-state index is 12.3. The van der Waals surface area contributed by atoms with Crippen molar-refractivity contribution in [3.63, 3.8) is 0 Å². The average molecular weight is 430 g/mol. The van der Waals surface area contributed by atoms with E-state index in [1.165, 1.54) is 37.2 Å². The Hall–Kier alpha value is -2.35. The molecule has 1 aromatic heterocycles. The molecule has 7 nitrogen and oxygen atoms in total. The number of nitrogens with zero attached hydrogens (tertiary/aromatic N) is 3. The van der Waals surface area contributed by atoms with Gasteiger partial charge < -0.3 is 5.32 Å². The van der Waals surface area contributed by atoms with Gasteiger partial charge >= 0.3 is 6.03 Å². The van der Waals surface area contributed by atoms with Crippen LogP contribution in [0.15, 0.2) is 29.4 Å². The molecule has 1 atom stereocenters. The van der Waals surface area contributed by atoms with Crippen LogP contribution in [0.2, 0.25) is 0 Å². The maximum Gasteiger partial charge on any atom is 0.321 e. The highest BCUT2D eigenvalue weighted by molar-refractivity contribution is 8.00. The van der Waals surface area contributed by atoms with E-state index in [0.717, 1.165) is 29.4 Å². The molecular formula is C22H31N5O2S. The molecule has 1 aliphatic rings. The van der Waals surface area contributed by atoms with E-state index >= 15 is 0 Å². The number of urea groups is 1. The molecule has 1 heterocycles. The van der Waals surface area contributed by atoms with Crippen LogP contribution in [0.25, 0.3) is 11.4 Å². The molecule has 1 fully saturated rings. The van der Waals surface area contributed by atoms with Crippen molar-refractivity contribution in [2.75, 3.05) is 7.05 Å². The Bertz CT molecular complexity index is 895. The first-order valence-electron chi connectivity index (χ1n) is 10.5. The Balaban J connectivity index is 1.89. The highest BCUT2D eigenvalue weighted by atomic mass is 32.2. The molecule has 3 rings (SSSR count). The van der Waals surface area contributed by atoms with E-state index in [1.807, 2.05) is 0 Å². The van der Waals surface area contributed by atoms with Gasteiger partial charge in [-0.2, -0.15) is 0 Å². The van der Waals surface area contributed by atoms with Crippen LogP contribution in [0, 0.1) is 0 Å². The van der Waals surface area contributed by atoms with E-state index in [-0.39, 0.29) is 11.3 Å². The van der Waals surface area contributed by atoms with Crippen LogP contribution in [-0.4, -0.2) is 39.0 Å². The number of carbonyl (C=O) groups is 2. The summed E-state index contributed by atoms with van der Waals surface area (Å²) in [7, 11) is 1.48. The van der Waals surface area contributed by atoms with Crippen molar-refractivity contribution in [2.45, 2.75) is 75.2 Å². The van der Waals surface area contributed by atoms with E-state index < -0.39 is 11.3 Å². The van der Waals surface area contributed by atoms with Gasteiger partial charge in [-0.25, -0.2) is 4.79 Å². The number of aromatic nitrogens is 3. The van der Waals surface area contributed by atoms with E-state index in [9.17, 15) is 9.59 Å². The zero-order valence-corrected chi connectivity index (χ0v) is 19.2. The molecular weight excluding hydrogens is 398 g/mol. The van der Waals surface area contributed by atoms with E-state index in [0.29, 0.717) is 6.04 Å². The number of rotatable bonds is 5. The maximum absolute atomic E-state index is 12.3.